The maximum Gasteiger partial charge on any atom is 0.246 e. The molecule has 1 amide bonds. The van der Waals surface area contributed by atoms with Gasteiger partial charge in [0.1, 0.15) is 6.61 Å². The van der Waals surface area contributed by atoms with Crippen LogP contribution in [0.5, 0.6) is 0 Å². The fourth-order valence-electron chi connectivity index (χ4n) is 1.91. The Kier molecular flexibility index (Phi) is 8.61. The number of amides is 1. The molecule has 2 unspecified atom stereocenters. The van der Waals surface area contributed by atoms with Crippen molar-refractivity contribution in [3.05, 3.63) is 0 Å². The molecule has 5 heteroatoms. The van der Waals surface area contributed by atoms with Crippen LogP contribution in [0.1, 0.15) is 26.7 Å². The first-order valence-electron chi connectivity index (χ1n) is 5.82. The van der Waals surface area contributed by atoms with E-state index < -0.39 is 0 Å². The Morgan fingerprint density at radius 1 is 1.62 bits per heavy atom. The molecule has 1 saturated heterocycles. The van der Waals surface area contributed by atoms with E-state index in [0.717, 1.165) is 13.1 Å². The quantitative estimate of drug-likeness (QED) is 0.764. The van der Waals surface area contributed by atoms with Crippen molar-refractivity contribution in [2.75, 3.05) is 26.3 Å². The summed E-state index contributed by atoms with van der Waals surface area (Å²) in [6.45, 7) is 6.85. The van der Waals surface area contributed by atoms with Crippen molar-refractivity contribution in [3.63, 3.8) is 0 Å². The highest BCUT2D eigenvalue weighted by Gasteiger charge is 2.20. The van der Waals surface area contributed by atoms with Crippen LogP contribution >= 0.6 is 12.4 Å². The van der Waals surface area contributed by atoms with Gasteiger partial charge in [-0.15, -0.1) is 12.4 Å². The minimum Gasteiger partial charge on any atom is -0.372 e. The Bertz CT molecular complexity index is 196. The second kappa shape index (κ2) is 8.79. The number of piperidine rings is 1. The van der Waals surface area contributed by atoms with Gasteiger partial charge in [-0.1, -0.05) is 0 Å². The van der Waals surface area contributed by atoms with Crippen LogP contribution in [0.15, 0.2) is 0 Å². The van der Waals surface area contributed by atoms with Gasteiger partial charge in [-0.3, -0.25) is 4.79 Å². The Balaban J connectivity index is 0.00000225. The summed E-state index contributed by atoms with van der Waals surface area (Å²) in [4.78, 5) is 11.4. The van der Waals surface area contributed by atoms with Gasteiger partial charge in [0.25, 0.3) is 0 Å². The van der Waals surface area contributed by atoms with E-state index in [9.17, 15) is 4.79 Å². The van der Waals surface area contributed by atoms with Crippen molar-refractivity contribution in [1.82, 2.24) is 10.6 Å². The van der Waals surface area contributed by atoms with Gasteiger partial charge in [0.15, 0.2) is 0 Å². The summed E-state index contributed by atoms with van der Waals surface area (Å²) in [6.07, 6.45) is 2.40. The third kappa shape index (κ3) is 5.68. The molecule has 0 radical (unpaired) electrons. The molecule has 0 aromatic carbocycles. The van der Waals surface area contributed by atoms with E-state index in [1.54, 1.807) is 0 Å². The molecular formula is C11H23ClN2O2. The van der Waals surface area contributed by atoms with Crippen molar-refractivity contribution in [3.8, 4) is 0 Å². The molecule has 16 heavy (non-hydrogen) atoms. The molecule has 0 saturated carbocycles. The van der Waals surface area contributed by atoms with E-state index in [-0.39, 0.29) is 31.0 Å². The van der Waals surface area contributed by atoms with E-state index in [0.29, 0.717) is 12.5 Å². The van der Waals surface area contributed by atoms with E-state index in [1.807, 2.05) is 6.92 Å². The van der Waals surface area contributed by atoms with Gasteiger partial charge in [0.2, 0.25) is 5.91 Å². The zero-order valence-electron chi connectivity index (χ0n) is 10.1. The average molecular weight is 251 g/mol. The summed E-state index contributed by atoms with van der Waals surface area (Å²) in [5, 5.41) is 6.33. The lowest BCUT2D eigenvalue weighted by molar-refractivity contribution is -0.126. The number of halogens is 1. The first kappa shape index (κ1) is 15.7. The molecule has 96 valence electrons. The molecule has 2 atom stereocenters. The van der Waals surface area contributed by atoms with Gasteiger partial charge in [0.05, 0.1) is 0 Å². The average Bonchev–Trinajstić information content (AvgIpc) is 2.27. The first-order valence-corrected chi connectivity index (χ1v) is 5.82. The highest BCUT2D eigenvalue weighted by atomic mass is 35.5. The summed E-state index contributed by atoms with van der Waals surface area (Å²) in [7, 11) is 0. The Labute approximate surface area is 104 Å². The zero-order valence-corrected chi connectivity index (χ0v) is 10.9. The van der Waals surface area contributed by atoms with Crippen molar-refractivity contribution < 1.29 is 9.53 Å². The molecule has 0 aliphatic carbocycles. The molecule has 1 heterocycles. The molecular weight excluding hydrogens is 228 g/mol. The van der Waals surface area contributed by atoms with Crippen LogP contribution in [-0.4, -0.2) is 38.3 Å². The number of hydrogen-bond acceptors (Lipinski definition) is 3. The van der Waals surface area contributed by atoms with Crippen LogP contribution < -0.4 is 10.6 Å². The fraction of sp³-hybridized carbons (Fsp3) is 0.909. The molecule has 0 spiro atoms. The maximum absolute atomic E-state index is 11.4. The lowest BCUT2D eigenvalue weighted by atomic mass is 9.93. The number of rotatable bonds is 5. The maximum atomic E-state index is 11.4. The summed E-state index contributed by atoms with van der Waals surface area (Å²) in [6, 6.07) is 0.241. The fourth-order valence-corrected chi connectivity index (χ4v) is 1.91. The number of nitrogens with one attached hydrogen (secondary N) is 2. The molecule has 4 nitrogen and oxygen atoms in total. The first-order chi connectivity index (χ1) is 7.24. The molecule has 1 fully saturated rings. The smallest absolute Gasteiger partial charge is 0.246 e. The molecule has 2 N–H and O–H groups in total. The van der Waals surface area contributed by atoms with Crippen molar-refractivity contribution >= 4 is 18.3 Å². The lowest BCUT2D eigenvalue weighted by Crippen LogP contribution is -2.45. The minimum absolute atomic E-state index is 0. The monoisotopic (exact) mass is 250 g/mol. The highest BCUT2D eigenvalue weighted by molar-refractivity contribution is 5.85. The Morgan fingerprint density at radius 2 is 2.38 bits per heavy atom. The van der Waals surface area contributed by atoms with Crippen molar-refractivity contribution in [2.24, 2.45) is 5.92 Å². The van der Waals surface area contributed by atoms with Crippen LogP contribution in [0.2, 0.25) is 0 Å². The molecule has 0 bridgehead atoms. The van der Waals surface area contributed by atoms with Gasteiger partial charge in [-0.05, 0) is 45.7 Å². The van der Waals surface area contributed by atoms with E-state index >= 15 is 0 Å². The number of carbonyl (C=O) groups excluding carboxylic acids is 1. The van der Waals surface area contributed by atoms with E-state index in [4.69, 9.17) is 4.74 Å². The van der Waals surface area contributed by atoms with Gasteiger partial charge < -0.3 is 15.4 Å². The van der Waals surface area contributed by atoms with E-state index in [2.05, 4.69) is 17.6 Å². The van der Waals surface area contributed by atoms with E-state index in [1.165, 1.54) is 12.8 Å². The van der Waals surface area contributed by atoms with Crippen LogP contribution in [0.25, 0.3) is 0 Å². The highest BCUT2D eigenvalue weighted by Crippen LogP contribution is 2.13. The number of ether oxygens (including phenoxy) is 1. The molecule has 1 aliphatic heterocycles. The molecule has 1 rings (SSSR count). The third-order valence-corrected chi connectivity index (χ3v) is 2.87. The van der Waals surface area contributed by atoms with Crippen molar-refractivity contribution in [2.45, 2.75) is 32.7 Å². The zero-order chi connectivity index (χ0) is 11.1. The topological polar surface area (TPSA) is 50.4 Å². The predicted octanol–water partition coefficient (Wildman–Crippen LogP) is 0.949. The summed E-state index contributed by atoms with van der Waals surface area (Å²) < 4.78 is 5.06. The standard InChI is InChI=1S/C11H22N2O2.ClH/c1-3-15-8-11(14)13-9(2)10-5-4-6-12-7-10;/h9-10,12H,3-8H2,1-2H3,(H,13,14);1H. The second-order valence-electron chi connectivity index (χ2n) is 4.10. The summed E-state index contributed by atoms with van der Waals surface area (Å²) >= 11 is 0. The Hall–Kier alpha value is -0.320. The largest absolute Gasteiger partial charge is 0.372 e. The third-order valence-electron chi connectivity index (χ3n) is 2.87. The van der Waals surface area contributed by atoms with Crippen molar-refractivity contribution in [1.29, 1.82) is 0 Å². The predicted molar refractivity (Wildman–Crippen MR) is 66.9 cm³/mol. The lowest BCUT2D eigenvalue weighted by Gasteiger charge is -2.28. The van der Waals surface area contributed by atoms with Crippen LogP contribution in [0, 0.1) is 5.92 Å². The van der Waals surface area contributed by atoms with Gasteiger partial charge in [-0.2, -0.15) is 0 Å². The summed E-state index contributed by atoms with van der Waals surface area (Å²) in [5.41, 5.74) is 0. The van der Waals surface area contributed by atoms with Gasteiger partial charge >= 0.3 is 0 Å². The number of carbonyl (C=O) groups is 1. The second-order valence-corrected chi connectivity index (χ2v) is 4.10. The summed E-state index contributed by atoms with van der Waals surface area (Å²) in [5.74, 6) is 0.555. The van der Waals surface area contributed by atoms with Crippen LogP contribution in [-0.2, 0) is 9.53 Å². The molecule has 0 aromatic rings. The minimum atomic E-state index is -0.00470. The number of hydrogen-bond donors (Lipinski definition) is 2. The normalized spacial score (nSPS) is 22.0. The molecule has 1 aliphatic rings. The van der Waals surface area contributed by atoms with Crippen LogP contribution in [0.4, 0.5) is 0 Å². The molecule has 0 aromatic heterocycles. The SMILES string of the molecule is CCOCC(=O)NC(C)C1CCCNC1.Cl. The van der Waals surface area contributed by atoms with Crippen LogP contribution in [0.3, 0.4) is 0 Å². The van der Waals surface area contributed by atoms with Gasteiger partial charge in [-0.25, -0.2) is 0 Å². The Morgan fingerprint density at radius 3 is 2.94 bits per heavy atom. The van der Waals surface area contributed by atoms with Gasteiger partial charge in [0, 0.05) is 12.6 Å².